The van der Waals surface area contributed by atoms with Crippen molar-refractivity contribution in [1.29, 1.82) is 0 Å². The molecule has 0 aliphatic rings. The van der Waals surface area contributed by atoms with Crippen LogP contribution in [0.1, 0.15) is 32.1 Å². The van der Waals surface area contributed by atoms with Gasteiger partial charge in [0.15, 0.2) is 9.04 Å². The maximum absolute atomic E-state index is 11.7. The molecule has 0 saturated heterocycles. The molecule has 1 aromatic rings. The van der Waals surface area contributed by atoms with E-state index in [1.54, 1.807) is 0 Å². The predicted octanol–water partition coefficient (Wildman–Crippen LogP) is 2.14. The van der Waals surface area contributed by atoms with Crippen molar-refractivity contribution in [2.75, 3.05) is 0 Å². The van der Waals surface area contributed by atoms with Gasteiger partial charge >= 0.3 is 5.63 Å². The first-order valence-corrected chi connectivity index (χ1v) is 8.48. The van der Waals surface area contributed by atoms with Crippen molar-refractivity contribution < 1.29 is 13.9 Å². The number of rotatable bonds is 3. The summed E-state index contributed by atoms with van der Waals surface area (Å²) in [5.74, 6) is 0.436. The first-order chi connectivity index (χ1) is 7.71. The molecule has 1 rings (SSSR count). The topological polar surface area (TPSA) is 59.7 Å². The maximum Gasteiger partial charge on any atom is 0.345 e. The summed E-state index contributed by atoms with van der Waals surface area (Å²) in [7, 11) is -1.22. The second-order valence-electron chi connectivity index (χ2n) is 5.37. The molecule has 0 unspecified atom stereocenters. The molecular weight excluding hydrogens is 236 g/mol. The van der Waals surface area contributed by atoms with Crippen LogP contribution in [0.25, 0.3) is 0 Å². The van der Waals surface area contributed by atoms with E-state index in [1.807, 2.05) is 33.9 Å². The van der Waals surface area contributed by atoms with E-state index >= 15 is 0 Å². The van der Waals surface area contributed by atoms with Gasteiger partial charge in [-0.15, -0.1) is 0 Å². The van der Waals surface area contributed by atoms with Crippen molar-refractivity contribution in [2.45, 2.75) is 45.9 Å². The molecule has 1 aromatic heterocycles. The lowest BCUT2D eigenvalue weighted by atomic mass is 9.92. The molecule has 0 spiro atoms. The standard InChI is InChI=1S/C12H20O4Si/c1-12(2,3)10-6-9(13)8(11(14)16-10)7-15-17(4)5/h6,13,17H,7H2,1-5H3. The van der Waals surface area contributed by atoms with Crippen molar-refractivity contribution in [2.24, 2.45) is 0 Å². The van der Waals surface area contributed by atoms with Crippen molar-refractivity contribution in [3.8, 4) is 5.75 Å². The van der Waals surface area contributed by atoms with Gasteiger partial charge in [0.25, 0.3) is 0 Å². The monoisotopic (exact) mass is 256 g/mol. The SMILES string of the molecule is C[SiH](C)OCc1c(O)cc(C(C)(C)C)oc1=O. The Balaban J connectivity index is 3.07. The highest BCUT2D eigenvalue weighted by Crippen LogP contribution is 2.25. The van der Waals surface area contributed by atoms with E-state index < -0.39 is 14.7 Å². The Morgan fingerprint density at radius 3 is 2.41 bits per heavy atom. The van der Waals surface area contributed by atoms with E-state index in [1.165, 1.54) is 6.07 Å². The summed E-state index contributed by atoms with van der Waals surface area (Å²) in [4.78, 5) is 11.7. The summed E-state index contributed by atoms with van der Waals surface area (Å²) in [5.41, 5.74) is -0.605. The van der Waals surface area contributed by atoms with Gasteiger partial charge in [-0.2, -0.15) is 0 Å². The number of hydrogen-bond donors (Lipinski definition) is 1. The molecule has 0 atom stereocenters. The highest BCUT2D eigenvalue weighted by atomic mass is 28.3. The van der Waals surface area contributed by atoms with Crippen LogP contribution in [0, 0.1) is 0 Å². The third-order valence-corrected chi connectivity index (χ3v) is 3.16. The lowest BCUT2D eigenvalue weighted by Crippen LogP contribution is -2.19. The van der Waals surface area contributed by atoms with Gasteiger partial charge in [0, 0.05) is 11.5 Å². The lowest BCUT2D eigenvalue weighted by molar-refractivity contribution is 0.287. The Labute approximate surface area is 103 Å². The van der Waals surface area contributed by atoms with Crippen LogP contribution in [0.5, 0.6) is 5.75 Å². The summed E-state index contributed by atoms with van der Waals surface area (Å²) >= 11 is 0. The van der Waals surface area contributed by atoms with Crippen LogP contribution in [-0.2, 0) is 16.4 Å². The van der Waals surface area contributed by atoms with Crippen molar-refractivity contribution in [3.63, 3.8) is 0 Å². The third kappa shape index (κ3) is 3.71. The summed E-state index contributed by atoms with van der Waals surface area (Å²) < 4.78 is 10.6. The summed E-state index contributed by atoms with van der Waals surface area (Å²) in [6.45, 7) is 9.89. The molecule has 0 aliphatic heterocycles. The number of hydrogen-bond acceptors (Lipinski definition) is 4. The Morgan fingerprint density at radius 1 is 1.41 bits per heavy atom. The normalized spacial score (nSPS) is 12.1. The Hall–Kier alpha value is -1.07. The van der Waals surface area contributed by atoms with Crippen LogP contribution in [0.15, 0.2) is 15.3 Å². The zero-order chi connectivity index (χ0) is 13.2. The van der Waals surface area contributed by atoms with Crippen molar-refractivity contribution in [1.82, 2.24) is 0 Å². The van der Waals surface area contributed by atoms with Crippen LogP contribution in [0.2, 0.25) is 13.1 Å². The van der Waals surface area contributed by atoms with Gasteiger partial charge in [0.1, 0.15) is 17.1 Å². The first kappa shape index (κ1) is 14.0. The Kier molecular flexibility index (Phi) is 4.16. The van der Waals surface area contributed by atoms with Crippen molar-refractivity contribution in [3.05, 3.63) is 27.8 Å². The molecule has 96 valence electrons. The first-order valence-electron chi connectivity index (χ1n) is 5.70. The molecule has 1 heterocycles. The maximum atomic E-state index is 11.7. The Bertz CT molecular complexity index is 443. The van der Waals surface area contributed by atoms with Crippen LogP contribution in [0.4, 0.5) is 0 Å². The molecule has 0 amide bonds. The minimum Gasteiger partial charge on any atom is -0.507 e. The fraction of sp³-hybridized carbons (Fsp3) is 0.583. The molecule has 0 aromatic carbocycles. The second kappa shape index (κ2) is 5.06. The molecular formula is C12H20O4Si. The van der Waals surface area contributed by atoms with Crippen LogP contribution >= 0.6 is 0 Å². The summed E-state index contributed by atoms with van der Waals surface area (Å²) in [6.07, 6.45) is 0. The summed E-state index contributed by atoms with van der Waals surface area (Å²) in [5, 5.41) is 9.82. The van der Waals surface area contributed by atoms with Gasteiger partial charge in [-0.3, -0.25) is 0 Å². The quantitative estimate of drug-likeness (QED) is 0.842. The van der Waals surface area contributed by atoms with Gasteiger partial charge in [-0.25, -0.2) is 4.79 Å². The van der Waals surface area contributed by atoms with Crippen molar-refractivity contribution >= 4 is 9.04 Å². The molecule has 0 bridgehead atoms. The molecule has 0 radical (unpaired) electrons. The highest BCUT2D eigenvalue weighted by molar-refractivity contribution is 6.48. The molecule has 1 N–H and O–H groups in total. The van der Waals surface area contributed by atoms with Gasteiger partial charge in [0.05, 0.1) is 6.61 Å². The molecule has 5 heteroatoms. The molecule has 0 fully saturated rings. The average Bonchev–Trinajstić information content (AvgIpc) is 2.14. The molecule has 4 nitrogen and oxygen atoms in total. The lowest BCUT2D eigenvalue weighted by Gasteiger charge is -2.17. The van der Waals surface area contributed by atoms with Crippen LogP contribution < -0.4 is 5.63 Å². The van der Waals surface area contributed by atoms with Crippen LogP contribution in [-0.4, -0.2) is 14.1 Å². The van der Waals surface area contributed by atoms with E-state index in [4.69, 9.17) is 8.84 Å². The fourth-order valence-electron chi connectivity index (χ4n) is 1.26. The zero-order valence-electron chi connectivity index (χ0n) is 11.0. The minimum atomic E-state index is -1.22. The van der Waals surface area contributed by atoms with E-state index in [9.17, 15) is 9.90 Å². The fourth-order valence-corrected chi connectivity index (χ4v) is 1.76. The van der Waals surface area contributed by atoms with Gasteiger partial charge in [-0.05, 0) is 13.1 Å². The van der Waals surface area contributed by atoms with Gasteiger partial charge in [0.2, 0.25) is 0 Å². The van der Waals surface area contributed by atoms with E-state index in [0.717, 1.165) is 0 Å². The number of aromatic hydroxyl groups is 1. The molecule has 0 saturated carbocycles. The molecule has 17 heavy (non-hydrogen) atoms. The largest absolute Gasteiger partial charge is 0.507 e. The second-order valence-corrected chi connectivity index (χ2v) is 7.80. The van der Waals surface area contributed by atoms with Gasteiger partial charge in [-0.1, -0.05) is 20.8 Å². The smallest absolute Gasteiger partial charge is 0.345 e. The third-order valence-electron chi connectivity index (χ3n) is 2.33. The van der Waals surface area contributed by atoms with Crippen LogP contribution in [0.3, 0.4) is 0 Å². The van der Waals surface area contributed by atoms with E-state index in [-0.39, 0.29) is 23.3 Å². The average molecular weight is 256 g/mol. The van der Waals surface area contributed by atoms with E-state index in [2.05, 4.69) is 0 Å². The highest BCUT2D eigenvalue weighted by Gasteiger charge is 2.21. The Morgan fingerprint density at radius 2 is 2.00 bits per heavy atom. The zero-order valence-corrected chi connectivity index (χ0v) is 12.2. The van der Waals surface area contributed by atoms with E-state index in [0.29, 0.717) is 5.76 Å². The van der Waals surface area contributed by atoms with Gasteiger partial charge < -0.3 is 13.9 Å². The predicted molar refractivity (Wildman–Crippen MR) is 69.0 cm³/mol. The minimum absolute atomic E-state index is 0.0409. The molecule has 0 aliphatic carbocycles. The summed E-state index contributed by atoms with van der Waals surface area (Å²) in [6, 6.07) is 1.50.